The molecule has 0 saturated heterocycles. The lowest BCUT2D eigenvalue weighted by atomic mass is 10.2. The van der Waals surface area contributed by atoms with Crippen LogP contribution in [0.3, 0.4) is 0 Å². The molecule has 0 aliphatic heterocycles. The van der Waals surface area contributed by atoms with Crippen LogP contribution < -0.4 is 4.74 Å². The van der Waals surface area contributed by atoms with Gasteiger partial charge in [0.25, 0.3) is 0 Å². The second-order valence-corrected chi connectivity index (χ2v) is 3.57. The quantitative estimate of drug-likeness (QED) is 0.855. The third-order valence-corrected chi connectivity index (χ3v) is 2.14. The molecule has 1 aromatic heterocycles. The van der Waals surface area contributed by atoms with Crippen molar-refractivity contribution in [3.63, 3.8) is 0 Å². The summed E-state index contributed by atoms with van der Waals surface area (Å²) in [5, 5.41) is 18.3. The van der Waals surface area contributed by atoms with Crippen molar-refractivity contribution in [1.82, 2.24) is 4.98 Å². The van der Waals surface area contributed by atoms with E-state index in [0.29, 0.717) is 11.3 Å². The Balaban J connectivity index is 2.35. The Morgan fingerprint density at radius 1 is 1.35 bits per heavy atom. The fourth-order valence-corrected chi connectivity index (χ4v) is 1.46. The van der Waals surface area contributed by atoms with E-state index in [9.17, 15) is 5.11 Å². The second-order valence-electron chi connectivity index (χ2n) is 3.57. The SMILES string of the molecule is Cc1cc(O)cc(Oc2ncccc2C#N)c1. The lowest BCUT2D eigenvalue weighted by Gasteiger charge is -2.07. The van der Waals surface area contributed by atoms with E-state index < -0.39 is 0 Å². The van der Waals surface area contributed by atoms with Crippen molar-refractivity contribution in [2.45, 2.75) is 6.92 Å². The van der Waals surface area contributed by atoms with Gasteiger partial charge in [0.05, 0.1) is 0 Å². The van der Waals surface area contributed by atoms with Crippen LogP contribution in [0.2, 0.25) is 0 Å². The third kappa shape index (κ3) is 2.52. The first kappa shape index (κ1) is 11.0. The van der Waals surface area contributed by atoms with Gasteiger partial charge >= 0.3 is 0 Å². The molecule has 0 aliphatic carbocycles. The Kier molecular flexibility index (Phi) is 2.93. The summed E-state index contributed by atoms with van der Waals surface area (Å²) in [6.45, 7) is 1.84. The van der Waals surface area contributed by atoms with Gasteiger partial charge in [-0.3, -0.25) is 0 Å². The molecule has 0 bridgehead atoms. The summed E-state index contributed by atoms with van der Waals surface area (Å²) in [5.74, 6) is 0.812. The molecule has 1 heterocycles. The average molecular weight is 226 g/mol. The lowest BCUT2D eigenvalue weighted by molar-refractivity contribution is 0.444. The molecule has 17 heavy (non-hydrogen) atoms. The van der Waals surface area contributed by atoms with Gasteiger partial charge in [0.1, 0.15) is 23.1 Å². The van der Waals surface area contributed by atoms with Crippen molar-refractivity contribution in [3.05, 3.63) is 47.7 Å². The highest BCUT2D eigenvalue weighted by Gasteiger charge is 2.06. The molecule has 0 aliphatic rings. The molecule has 2 aromatic rings. The van der Waals surface area contributed by atoms with Crippen LogP contribution in [0, 0.1) is 18.3 Å². The molecule has 4 heteroatoms. The van der Waals surface area contributed by atoms with Crippen molar-refractivity contribution >= 4 is 0 Å². The van der Waals surface area contributed by atoms with E-state index in [0.717, 1.165) is 5.56 Å². The first-order chi connectivity index (χ1) is 8.19. The number of aryl methyl sites for hydroxylation is 1. The fourth-order valence-electron chi connectivity index (χ4n) is 1.46. The maximum Gasteiger partial charge on any atom is 0.237 e. The molecule has 1 aromatic carbocycles. The zero-order valence-corrected chi connectivity index (χ0v) is 9.21. The molecule has 2 rings (SSSR count). The van der Waals surface area contributed by atoms with Gasteiger partial charge < -0.3 is 9.84 Å². The van der Waals surface area contributed by atoms with Crippen LogP contribution in [-0.4, -0.2) is 10.1 Å². The Hall–Kier alpha value is -2.54. The van der Waals surface area contributed by atoms with Crippen LogP contribution in [0.5, 0.6) is 17.4 Å². The van der Waals surface area contributed by atoms with Gasteiger partial charge in [0, 0.05) is 12.3 Å². The van der Waals surface area contributed by atoms with E-state index >= 15 is 0 Å². The highest BCUT2D eigenvalue weighted by Crippen LogP contribution is 2.26. The summed E-state index contributed by atoms with van der Waals surface area (Å²) in [5.41, 5.74) is 1.22. The summed E-state index contributed by atoms with van der Waals surface area (Å²) >= 11 is 0. The first-order valence-corrected chi connectivity index (χ1v) is 5.02. The first-order valence-electron chi connectivity index (χ1n) is 5.02. The number of benzene rings is 1. The molecule has 0 radical (unpaired) electrons. The average Bonchev–Trinajstić information content (AvgIpc) is 2.28. The summed E-state index contributed by atoms with van der Waals surface area (Å²) in [7, 11) is 0. The van der Waals surface area contributed by atoms with E-state index in [2.05, 4.69) is 4.98 Å². The van der Waals surface area contributed by atoms with Crippen LogP contribution >= 0.6 is 0 Å². The Bertz CT molecular complexity index is 568. The number of aromatic nitrogens is 1. The topological polar surface area (TPSA) is 66.1 Å². The summed E-state index contributed by atoms with van der Waals surface area (Å²) in [4.78, 5) is 3.98. The third-order valence-electron chi connectivity index (χ3n) is 2.14. The van der Waals surface area contributed by atoms with E-state index in [-0.39, 0.29) is 11.6 Å². The number of nitriles is 1. The molecule has 84 valence electrons. The minimum absolute atomic E-state index is 0.120. The van der Waals surface area contributed by atoms with Crippen LogP contribution in [0.25, 0.3) is 0 Å². The number of hydrogen-bond acceptors (Lipinski definition) is 4. The normalized spacial score (nSPS) is 9.65. The number of rotatable bonds is 2. The fraction of sp³-hybridized carbons (Fsp3) is 0.0769. The minimum atomic E-state index is 0.120. The predicted molar refractivity (Wildman–Crippen MR) is 61.9 cm³/mol. The number of pyridine rings is 1. The smallest absolute Gasteiger partial charge is 0.237 e. The van der Waals surface area contributed by atoms with E-state index in [1.807, 2.05) is 13.0 Å². The van der Waals surface area contributed by atoms with Gasteiger partial charge in [-0.2, -0.15) is 5.26 Å². The molecular weight excluding hydrogens is 216 g/mol. The van der Waals surface area contributed by atoms with Crippen molar-refractivity contribution in [2.75, 3.05) is 0 Å². The van der Waals surface area contributed by atoms with Crippen molar-refractivity contribution < 1.29 is 9.84 Å². The summed E-state index contributed by atoms with van der Waals surface area (Å²) in [6, 6.07) is 10.1. The number of hydrogen-bond donors (Lipinski definition) is 1. The minimum Gasteiger partial charge on any atom is -0.508 e. The number of ether oxygens (including phenoxy) is 1. The van der Waals surface area contributed by atoms with Crippen LogP contribution in [0.1, 0.15) is 11.1 Å². The lowest BCUT2D eigenvalue weighted by Crippen LogP contribution is -1.91. The largest absolute Gasteiger partial charge is 0.508 e. The number of phenolic OH excluding ortho intramolecular Hbond substituents is 1. The van der Waals surface area contributed by atoms with Gasteiger partial charge in [-0.1, -0.05) is 0 Å². The molecule has 1 N–H and O–H groups in total. The highest BCUT2D eigenvalue weighted by atomic mass is 16.5. The van der Waals surface area contributed by atoms with Gasteiger partial charge in [-0.25, -0.2) is 4.98 Å². The van der Waals surface area contributed by atoms with Gasteiger partial charge in [-0.15, -0.1) is 0 Å². The van der Waals surface area contributed by atoms with Crippen LogP contribution in [0.4, 0.5) is 0 Å². The summed E-state index contributed by atoms with van der Waals surface area (Å²) < 4.78 is 5.47. The van der Waals surface area contributed by atoms with E-state index in [1.54, 1.807) is 30.5 Å². The Morgan fingerprint density at radius 2 is 2.18 bits per heavy atom. The zero-order valence-electron chi connectivity index (χ0n) is 9.21. The van der Waals surface area contributed by atoms with Gasteiger partial charge in [0.15, 0.2) is 0 Å². The Labute approximate surface area is 98.7 Å². The monoisotopic (exact) mass is 226 g/mol. The molecule has 0 unspecified atom stereocenters. The van der Waals surface area contributed by atoms with Crippen molar-refractivity contribution in [2.24, 2.45) is 0 Å². The standard InChI is InChI=1S/C13H10N2O2/c1-9-5-11(16)7-12(6-9)17-13-10(8-14)3-2-4-15-13/h2-7,16H,1H3. The molecule has 4 nitrogen and oxygen atoms in total. The number of aromatic hydroxyl groups is 1. The molecular formula is C13H10N2O2. The molecule has 0 atom stereocenters. The van der Waals surface area contributed by atoms with Gasteiger partial charge in [-0.05, 0) is 36.8 Å². The molecule has 0 saturated carbocycles. The molecule has 0 fully saturated rings. The van der Waals surface area contributed by atoms with E-state index in [1.165, 1.54) is 6.07 Å². The number of nitrogens with zero attached hydrogens (tertiary/aromatic N) is 2. The highest BCUT2D eigenvalue weighted by molar-refractivity contribution is 5.43. The Morgan fingerprint density at radius 3 is 2.88 bits per heavy atom. The molecule has 0 spiro atoms. The summed E-state index contributed by atoms with van der Waals surface area (Å²) in [6.07, 6.45) is 1.55. The zero-order chi connectivity index (χ0) is 12.3. The number of phenols is 1. The van der Waals surface area contributed by atoms with Gasteiger partial charge in [0.2, 0.25) is 5.88 Å². The van der Waals surface area contributed by atoms with Crippen molar-refractivity contribution in [1.29, 1.82) is 5.26 Å². The maximum atomic E-state index is 9.43. The van der Waals surface area contributed by atoms with Crippen LogP contribution in [0.15, 0.2) is 36.5 Å². The molecule has 0 amide bonds. The maximum absolute atomic E-state index is 9.43. The predicted octanol–water partition coefficient (Wildman–Crippen LogP) is 2.76. The van der Waals surface area contributed by atoms with E-state index in [4.69, 9.17) is 10.00 Å². The van der Waals surface area contributed by atoms with Crippen LogP contribution in [-0.2, 0) is 0 Å². The van der Waals surface area contributed by atoms with Crippen molar-refractivity contribution in [3.8, 4) is 23.4 Å². The second kappa shape index (κ2) is 4.54.